The zero-order valence-electron chi connectivity index (χ0n) is 23.3. The van der Waals surface area contributed by atoms with Gasteiger partial charge in [-0.05, 0) is 91.1 Å². The fourth-order valence-corrected chi connectivity index (χ4v) is 7.42. The van der Waals surface area contributed by atoms with E-state index < -0.39 is 6.10 Å². The van der Waals surface area contributed by atoms with E-state index in [4.69, 9.17) is 0 Å². The smallest absolute Gasteiger partial charge is 0.254 e. The summed E-state index contributed by atoms with van der Waals surface area (Å²) in [6, 6.07) is 21.7. The van der Waals surface area contributed by atoms with Gasteiger partial charge in [0.25, 0.3) is 5.91 Å². The molecular weight excluding hydrogens is 484 g/mol. The van der Waals surface area contributed by atoms with Crippen LogP contribution in [0.3, 0.4) is 0 Å². The zero-order valence-corrected chi connectivity index (χ0v) is 23.3. The lowest BCUT2D eigenvalue weighted by atomic mass is 9.56. The normalized spacial score (nSPS) is 27.4. The number of aliphatic hydroxyl groups is 1. The first-order valence-electron chi connectivity index (χ1n) is 14.8. The molecule has 0 spiro atoms. The average molecular weight is 527 g/mol. The first-order valence-corrected chi connectivity index (χ1v) is 14.8. The highest BCUT2D eigenvalue weighted by Crippen LogP contribution is 2.51. The van der Waals surface area contributed by atoms with Gasteiger partial charge in [-0.2, -0.15) is 0 Å². The van der Waals surface area contributed by atoms with Crippen LogP contribution in [0.2, 0.25) is 0 Å². The molecule has 3 fully saturated rings. The second-order valence-electron chi connectivity index (χ2n) is 12.8. The number of piperidine rings is 1. The average Bonchev–Trinajstić information content (AvgIpc) is 3.75. The summed E-state index contributed by atoms with van der Waals surface area (Å²) in [6.45, 7) is 7.96. The van der Waals surface area contributed by atoms with E-state index >= 15 is 0 Å². The van der Waals surface area contributed by atoms with Crippen molar-refractivity contribution in [3.8, 4) is 5.75 Å². The van der Waals surface area contributed by atoms with Crippen LogP contribution >= 0.6 is 0 Å². The number of fused-ring (bicyclic) bond motifs is 2. The topological polar surface area (TPSA) is 64.0 Å². The molecule has 1 amide bonds. The van der Waals surface area contributed by atoms with E-state index in [0.717, 1.165) is 54.7 Å². The van der Waals surface area contributed by atoms with Crippen molar-refractivity contribution in [1.82, 2.24) is 9.80 Å². The molecule has 4 atom stereocenters. The summed E-state index contributed by atoms with van der Waals surface area (Å²) in [6.07, 6.45) is 4.47. The maximum atomic E-state index is 14.2. The molecule has 39 heavy (non-hydrogen) atoms. The third-order valence-corrected chi connectivity index (χ3v) is 9.51. The summed E-state index contributed by atoms with van der Waals surface area (Å²) in [5, 5.41) is 24.4. The van der Waals surface area contributed by atoms with Gasteiger partial charge < -0.3 is 20.0 Å². The molecule has 1 saturated heterocycles. The molecular formula is C34H42N2O3. The Bertz CT molecular complexity index is 1330. The predicted molar refractivity (Wildman–Crippen MR) is 156 cm³/mol. The molecule has 1 unspecified atom stereocenters. The van der Waals surface area contributed by atoms with E-state index in [1.807, 2.05) is 42.5 Å². The molecule has 1 aliphatic heterocycles. The summed E-state index contributed by atoms with van der Waals surface area (Å²) in [7, 11) is 0. The van der Waals surface area contributed by atoms with Gasteiger partial charge in [-0.3, -0.25) is 4.79 Å². The first-order chi connectivity index (χ1) is 18.8. The fraction of sp³-hybridized carbons (Fsp3) is 0.500. The second-order valence-corrected chi connectivity index (χ2v) is 12.8. The van der Waals surface area contributed by atoms with Crippen LogP contribution < -0.4 is 0 Å². The minimum Gasteiger partial charge on any atom is -0.508 e. The second kappa shape index (κ2) is 10.6. The van der Waals surface area contributed by atoms with Gasteiger partial charge in [0.2, 0.25) is 0 Å². The molecule has 0 aromatic heterocycles. The van der Waals surface area contributed by atoms with Crippen molar-refractivity contribution < 1.29 is 15.0 Å². The highest BCUT2D eigenvalue weighted by atomic mass is 16.3. The number of aromatic hydroxyl groups is 1. The number of likely N-dealkylation sites (tertiary alicyclic amines) is 1. The van der Waals surface area contributed by atoms with E-state index in [1.54, 1.807) is 6.07 Å². The number of rotatable bonds is 7. The number of phenols is 1. The first kappa shape index (κ1) is 26.3. The number of carbonyl (C=O) groups excluding carboxylic acids is 1. The summed E-state index contributed by atoms with van der Waals surface area (Å²) in [5.74, 6) is 1.51. The minimum absolute atomic E-state index is 0.0438. The van der Waals surface area contributed by atoms with Crippen LogP contribution in [-0.2, 0) is 5.41 Å². The van der Waals surface area contributed by atoms with Gasteiger partial charge in [0, 0.05) is 42.6 Å². The van der Waals surface area contributed by atoms with Crippen molar-refractivity contribution >= 4 is 16.7 Å². The third kappa shape index (κ3) is 5.31. The van der Waals surface area contributed by atoms with Crippen LogP contribution in [-0.4, -0.2) is 64.2 Å². The summed E-state index contributed by atoms with van der Waals surface area (Å²) >= 11 is 0. The fourth-order valence-electron chi connectivity index (χ4n) is 7.42. The van der Waals surface area contributed by atoms with Crippen molar-refractivity contribution in [3.05, 3.63) is 77.9 Å². The highest BCUT2D eigenvalue weighted by Gasteiger charge is 2.53. The molecule has 3 aliphatic rings. The molecule has 2 N–H and O–H groups in total. The number of amides is 1. The molecule has 3 aromatic rings. The lowest BCUT2D eigenvalue weighted by Gasteiger charge is -2.56. The molecule has 2 saturated carbocycles. The Balaban J connectivity index is 1.35. The van der Waals surface area contributed by atoms with Crippen molar-refractivity contribution in [2.45, 2.75) is 63.5 Å². The summed E-state index contributed by atoms with van der Waals surface area (Å²) < 4.78 is 0. The van der Waals surface area contributed by atoms with Crippen LogP contribution in [0.1, 0.15) is 61.9 Å². The van der Waals surface area contributed by atoms with Gasteiger partial charge >= 0.3 is 0 Å². The van der Waals surface area contributed by atoms with Gasteiger partial charge in [0.15, 0.2) is 0 Å². The van der Waals surface area contributed by atoms with Crippen LogP contribution in [0.15, 0.2) is 66.7 Å². The predicted octanol–water partition coefficient (Wildman–Crippen LogP) is 5.84. The molecule has 206 valence electrons. The third-order valence-electron chi connectivity index (χ3n) is 9.51. The van der Waals surface area contributed by atoms with Crippen LogP contribution in [0.5, 0.6) is 5.75 Å². The van der Waals surface area contributed by atoms with Crippen molar-refractivity contribution in [2.24, 2.45) is 17.8 Å². The Kier molecular flexibility index (Phi) is 7.15. The van der Waals surface area contributed by atoms with Gasteiger partial charge in [-0.25, -0.2) is 0 Å². The Hall–Kier alpha value is -2.89. The molecule has 0 bridgehead atoms. The largest absolute Gasteiger partial charge is 0.508 e. The minimum atomic E-state index is -0.507. The van der Waals surface area contributed by atoms with E-state index in [1.165, 1.54) is 12.8 Å². The van der Waals surface area contributed by atoms with E-state index in [0.29, 0.717) is 24.4 Å². The standard InChI is InChI=1S/C34H42N2O3/c1-23(2)20-36(33(39)27-13-12-25-6-3-4-7-26(25)16-27)29-18-32(38)31-22-35(21-24-10-11-24)15-14-34(31,19-29)28-8-5-9-30(37)17-28/h3-9,12-13,16-17,23-24,29,31-32,37-38H,10-11,14-15,18-22H2,1-2H3/t29-,31+,32?,34+/m1/s1. The Labute approximate surface area is 232 Å². The number of phenolic OH excluding ortho intramolecular Hbond substituents is 1. The van der Waals surface area contributed by atoms with Gasteiger partial charge in [0.1, 0.15) is 5.75 Å². The maximum Gasteiger partial charge on any atom is 0.254 e. The molecule has 1 heterocycles. The Morgan fingerprint density at radius 2 is 1.85 bits per heavy atom. The molecule has 5 heteroatoms. The molecule has 0 radical (unpaired) electrons. The lowest BCUT2D eigenvalue weighted by molar-refractivity contribution is -0.0655. The van der Waals surface area contributed by atoms with Gasteiger partial charge in [-0.1, -0.05) is 56.3 Å². The number of benzene rings is 3. The summed E-state index contributed by atoms with van der Waals surface area (Å²) in [4.78, 5) is 18.8. The lowest BCUT2D eigenvalue weighted by Crippen LogP contribution is -2.61. The van der Waals surface area contributed by atoms with E-state index in [9.17, 15) is 15.0 Å². The maximum absolute atomic E-state index is 14.2. The molecule has 3 aromatic carbocycles. The van der Waals surface area contributed by atoms with Gasteiger partial charge in [-0.15, -0.1) is 0 Å². The van der Waals surface area contributed by atoms with Crippen molar-refractivity contribution in [1.29, 1.82) is 0 Å². The van der Waals surface area contributed by atoms with Crippen molar-refractivity contribution in [2.75, 3.05) is 26.2 Å². The number of hydrogen-bond acceptors (Lipinski definition) is 4. The number of aliphatic hydroxyl groups excluding tert-OH is 1. The molecule has 5 nitrogen and oxygen atoms in total. The SMILES string of the molecule is CC(C)CN(C(=O)c1ccc2ccccc2c1)[C@@H]1CC(O)[C@@H]2CN(CC3CC3)CC[C@@]2(c2cccc(O)c2)C1. The zero-order chi connectivity index (χ0) is 27.1. The van der Waals surface area contributed by atoms with Crippen LogP contribution in [0, 0.1) is 17.8 Å². The Morgan fingerprint density at radius 1 is 1.05 bits per heavy atom. The quantitative estimate of drug-likeness (QED) is 0.406. The Morgan fingerprint density at radius 3 is 2.59 bits per heavy atom. The highest BCUT2D eigenvalue weighted by molar-refractivity contribution is 5.98. The van der Waals surface area contributed by atoms with Crippen LogP contribution in [0.25, 0.3) is 10.8 Å². The van der Waals surface area contributed by atoms with E-state index in [-0.39, 0.29) is 29.0 Å². The van der Waals surface area contributed by atoms with Crippen molar-refractivity contribution in [3.63, 3.8) is 0 Å². The van der Waals surface area contributed by atoms with Gasteiger partial charge in [0.05, 0.1) is 6.10 Å². The summed E-state index contributed by atoms with van der Waals surface area (Å²) in [5.41, 5.74) is 1.53. The van der Waals surface area contributed by atoms with E-state index in [2.05, 4.69) is 41.8 Å². The molecule has 2 aliphatic carbocycles. The molecule has 6 rings (SSSR count). The number of hydrogen-bond donors (Lipinski definition) is 2. The number of carbonyl (C=O) groups is 1. The number of nitrogens with zero attached hydrogens (tertiary/aromatic N) is 2. The monoisotopic (exact) mass is 526 g/mol. The van der Waals surface area contributed by atoms with Crippen LogP contribution in [0.4, 0.5) is 0 Å².